The summed E-state index contributed by atoms with van der Waals surface area (Å²) in [6.45, 7) is 0.469. The Hall–Kier alpha value is -1.56. The number of halogens is 3. The monoisotopic (exact) mass is 274 g/mol. The van der Waals surface area contributed by atoms with Gasteiger partial charge in [-0.3, -0.25) is 4.79 Å². The summed E-state index contributed by atoms with van der Waals surface area (Å²) in [5.74, 6) is -0.968. The smallest absolute Gasteiger partial charge is 0.416 e. The van der Waals surface area contributed by atoms with Gasteiger partial charge in [0.2, 0.25) is 0 Å². The summed E-state index contributed by atoms with van der Waals surface area (Å²) in [4.78, 5) is 11.3. The molecule has 1 aromatic carbocycles. The minimum absolute atomic E-state index is 0.101. The van der Waals surface area contributed by atoms with Crippen molar-refractivity contribution in [3.63, 3.8) is 0 Å². The van der Waals surface area contributed by atoms with Crippen LogP contribution in [-0.4, -0.2) is 24.3 Å². The zero-order chi connectivity index (χ0) is 14.1. The number of rotatable bonds is 3. The van der Waals surface area contributed by atoms with Crippen molar-refractivity contribution in [2.45, 2.75) is 19.0 Å². The number of carboxylic acid groups (broad SMARTS) is 1. The first-order valence-electron chi connectivity index (χ1n) is 5.81. The van der Waals surface area contributed by atoms with Crippen LogP contribution in [0.3, 0.4) is 0 Å². The molecule has 1 N–H and O–H groups in total. The minimum Gasteiger partial charge on any atom is -0.481 e. The van der Waals surface area contributed by atoms with Crippen LogP contribution in [0.5, 0.6) is 0 Å². The average Bonchev–Trinajstić information content (AvgIpc) is 2.78. The molecule has 1 aliphatic heterocycles. The fourth-order valence-corrected chi connectivity index (χ4v) is 2.19. The normalized spacial score (nSPS) is 23.5. The lowest BCUT2D eigenvalue weighted by Gasteiger charge is -2.22. The summed E-state index contributed by atoms with van der Waals surface area (Å²) in [5, 5.41) is 9.25. The molecule has 1 fully saturated rings. The van der Waals surface area contributed by atoms with Crippen LogP contribution in [-0.2, 0) is 22.1 Å². The maximum absolute atomic E-state index is 12.4. The largest absolute Gasteiger partial charge is 0.481 e. The molecular weight excluding hydrogens is 261 g/mol. The summed E-state index contributed by atoms with van der Waals surface area (Å²) in [6, 6.07) is 4.60. The third kappa shape index (κ3) is 2.89. The standard InChI is InChI=1S/C13H13F3O3/c14-13(15,16)10-3-1-9(2-4-10)7-12(11(17)18)5-6-19-8-12/h1-4H,5-8H2,(H,17,18). The van der Waals surface area contributed by atoms with Gasteiger partial charge in [-0.1, -0.05) is 12.1 Å². The maximum Gasteiger partial charge on any atom is 0.416 e. The highest BCUT2D eigenvalue weighted by Gasteiger charge is 2.42. The summed E-state index contributed by atoms with van der Waals surface area (Å²) in [7, 11) is 0. The van der Waals surface area contributed by atoms with Gasteiger partial charge >= 0.3 is 12.1 Å². The third-order valence-corrected chi connectivity index (χ3v) is 3.38. The number of hydrogen-bond donors (Lipinski definition) is 1. The fraction of sp³-hybridized carbons (Fsp3) is 0.462. The van der Waals surface area contributed by atoms with E-state index >= 15 is 0 Å². The number of carbonyl (C=O) groups is 1. The van der Waals surface area contributed by atoms with Crippen molar-refractivity contribution in [1.82, 2.24) is 0 Å². The van der Waals surface area contributed by atoms with E-state index in [0.717, 1.165) is 12.1 Å². The van der Waals surface area contributed by atoms with Gasteiger partial charge in [0, 0.05) is 6.61 Å². The van der Waals surface area contributed by atoms with E-state index < -0.39 is 23.1 Å². The molecule has 104 valence electrons. The van der Waals surface area contributed by atoms with Crippen molar-refractivity contribution < 1.29 is 27.8 Å². The van der Waals surface area contributed by atoms with Gasteiger partial charge in [-0.2, -0.15) is 13.2 Å². The first kappa shape index (κ1) is 13.9. The Morgan fingerprint density at radius 2 is 1.95 bits per heavy atom. The molecule has 0 bridgehead atoms. The average molecular weight is 274 g/mol. The van der Waals surface area contributed by atoms with Crippen LogP contribution in [0.25, 0.3) is 0 Å². The highest BCUT2D eigenvalue weighted by atomic mass is 19.4. The summed E-state index contributed by atoms with van der Waals surface area (Å²) in [6.07, 6.45) is -3.82. The van der Waals surface area contributed by atoms with Gasteiger partial charge in [-0.25, -0.2) is 0 Å². The van der Waals surface area contributed by atoms with Crippen LogP contribution < -0.4 is 0 Å². The van der Waals surface area contributed by atoms with E-state index in [4.69, 9.17) is 4.74 Å². The van der Waals surface area contributed by atoms with Gasteiger partial charge in [0.25, 0.3) is 0 Å². The van der Waals surface area contributed by atoms with Crippen molar-refractivity contribution in [1.29, 1.82) is 0 Å². The van der Waals surface area contributed by atoms with Crippen molar-refractivity contribution in [3.05, 3.63) is 35.4 Å². The lowest BCUT2D eigenvalue weighted by Crippen LogP contribution is -2.33. The predicted octanol–water partition coefficient (Wildman–Crippen LogP) is 2.74. The molecule has 1 saturated heterocycles. The molecule has 1 heterocycles. The lowest BCUT2D eigenvalue weighted by molar-refractivity contribution is -0.149. The molecule has 0 saturated carbocycles. The zero-order valence-electron chi connectivity index (χ0n) is 10.0. The van der Waals surface area contributed by atoms with Crippen molar-refractivity contribution in [2.75, 3.05) is 13.2 Å². The van der Waals surface area contributed by atoms with Crippen LogP contribution in [0.2, 0.25) is 0 Å². The van der Waals surface area contributed by atoms with Crippen LogP contribution in [0.1, 0.15) is 17.5 Å². The molecule has 0 amide bonds. The van der Waals surface area contributed by atoms with Gasteiger partial charge in [0.1, 0.15) is 0 Å². The second-order valence-electron chi connectivity index (χ2n) is 4.76. The number of hydrogen-bond acceptors (Lipinski definition) is 2. The molecule has 19 heavy (non-hydrogen) atoms. The Bertz CT molecular complexity index is 459. The molecule has 1 unspecified atom stereocenters. The predicted molar refractivity (Wildman–Crippen MR) is 60.7 cm³/mol. The van der Waals surface area contributed by atoms with E-state index in [1.165, 1.54) is 12.1 Å². The van der Waals surface area contributed by atoms with Crippen LogP contribution in [0.15, 0.2) is 24.3 Å². The first-order chi connectivity index (χ1) is 8.83. The fourth-order valence-electron chi connectivity index (χ4n) is 2.19. The molecule has 0 aromatic heterocycles. The van der Waals surface area contributed by atoms with Crippen LogP contribution >= 0.6 is 0 Å². The number of ether oxygens (including phenoxy) is 1. The van der Waals surface area contributed by atoms with Gasteiger partial charge in [-0.05, 0) is 30.5 Å². The second-order valence-corrected chi connectivity index (χ2v) is 4.76. The van der Waals surface area contributed by atoms with Gasteiger partial charge in [0.05, 0.1) is 17.6 Å². The number of benzene rings is 1. The minimum atomic E-state index is -4.38. The lowest BCUT2D eigenvalue weighted by atomic mass is 9.81. The van der Waals surface area contributed by atoms with E-state index in [2.05, 4.69) is 0 Å². The molecule has 3 nitrogen and oxygen atoms in total. The van der Waals surface area contributed by atoms with Crippen molar-refractivity contribution >= 4 is 5.97 Å². The Balaban J connectivity index is 2.17. The van der Waals surface area contributed by atoms with Crippen molar-refractivity contribution in [3.8, 4) is 0 Å². The third-order valence-electron chi connectivity index (χ3n) is 3.38. The Labute approximate surface area is 108 Å². The molecule has 1 aromatic rings. The Morgan fingerprint density at radius 3 is 2.37 bits per heavy atom. The second kappa shape index (κ2) is 4.85. The number of aliphatic carboxylic acids is 1. The molecule has 2 rings (SSSR count). The molecule has 0 spiro atoms. The van der Waals surface area contributed by atoms with E-state index in [1.54, 1.807) is 0 Å². The van der Waals surface area contributed by atoms with Crippen molar-refractivity contribution in [2.24, 2.45) is 5.41 Å². The number of carboxylic acids is 1. The van der Waals surface area contributed by atoms with Crippen LogP contribution in [0.4, 0.5) is 13.2 Å². The molecule has 1 aliphatic rings. The Morgan fingerprint density at radius 1 is 1.32 bits per heavy atom. The van der Waals surface area contributed by atoms with E-state index in [9.17, 15) is 23.1 Å². The topological polar surface area (TPSA) is 46.5 Å². The molecule has 6 heteroatoms. The highest BCUT2D eigenvalue weighted by molar-refractivity contribution is 5.75. The molecule has 1 atom stereocenters. The quantitative estimate of drug-likeness (QED) is 0.921. The van der Waals surface area contributed by atoms with Gasteiger partial charge in [0.15, 0.2) is 0 Å². The van der Waals surface area contributed by atoms with E-state index in [0.29, 0.717) is 18.6 Å². The van der Waals surface area contributed by atoms with Crippen LogP contribution in [0, 0.1) is 5.41 Å². The molecular formula is C13H13F3O3. The van der Waals surface area contributed by atoms with E-state index in [1.807, 2.05) is 0 Å². The van der Waals surface area contributed by atoms with E-state index in [-0.39, 0.29) is 13.0 Å². The summed E-state index contributed by atoms with van der Waals surface area (Å²) in [5.41, 5.74) is -1.18. The van der Waals surface area contributed by atoms with Gasteiger partial charge < -0.3 is 9.84 Å². The zero-order valence-corrected chi connectivity index (χ0v) is 10.0. The maximum atomic E-state index is 12.4. The Kier molecular flexibility index (Phi) is 3.54. The first-order valence-corrected chi connectivity index (χ1v) is 5.81. The molecule has 0 aliphatic carbocycles. The summed E-state index contributed by atoms with van der Waals surface area (Å²) >= 11 is 0. The highest BCUT2D eigenvalue weighted by Crippen LogP contribution is 2.34. The summed E-state index contributed by atoms with van der Waals surface area (Å²) < 4.78 is 42.4. The van der Waals surface area contributed by atoms with Gasteiger partial charge in [-0.15, -0.1) is 0 Å². The molecule has 0 radical (unpaired) electrons. The number of alkyl halides is 3. The SMILES string of the molecule is O=C(O)C1(Cc2ccc(C(F)(F)F)cc2)CCOC1.